The van der Waals surface area contributed by atoms with Crippen LogP contribution in [0.15, 0.2) is 47.4 Å². The molecule has 0 unspecified atom stereocenters. The monoisotopic (exact) mass is 291 g/mol. The third-order valence-electron chi connectivity index (χ3n) is 2.93. The number of carbonyl (C=O) groups excluding carboxylic acids is 1. The predicted octanol–water partition coefficient (Wildman–Crippen LogP) is 3.40. The number of nitrogens with zero attached hydrogens (tertiary/aromatic N) is 1. The second kappa shape index (κ2) is 5.96. The predicted molar refractivity (Wildman–Crippen MR) is 79.4 cm³/mol. The molecule has 104 valence electrons. The van der Waals surface area contributed by atoms with E-state index >= 15 is 0 Å². The Morgan fingerprint density at radius 3 is 2.65 bits per heavy atom. The van der Waals surface area contributed by atoms with Gasteiger partial charge in [-0.15, -0.1) is 12.6 Å². The van der Waals surface area contributed by atoms with Crippen LogP contribution in [0.25, 0.3) is 0 Å². The zero-order valence-corrected chi connectivity index (χ0v) is 12.0. The van der Waals surface area contributed by atoms with Crippen molar-refractivity contribution in [3.05, 3.63) is 53.8 Å². The van der Waals surface area contributed by atoms with Crippen LogP contribution in [0.1, 0.15) is 10.4 Å². The first-order chi connectivity index (χ1) is 9.54. The Morgan fingerprint density at radius 1 is 1.25 bits per heavy atom. The number of hydrogen-bond donors (Lipinski definition) is 1. The van der Waals surface area contributed by atoms with Gasteiger partial charge < -0.3 is 9.64 Å². The Hall–Kier alpha value is -2.01. The Kier molecular flexibility index (Phi) is 4.29. The highest BCUT2D eigenvalue weighted by molar-refractivity contribution is 7.80. The minimum atomic E-state index is -0.574. The van der Waals surface area contributed by atoms with E-state index in [1.165, 1.54) is 30.2 Å². The lowest BCUT2D eigenvalue weighted by Crippen LogP contribution is -2.27. The molecule has 0 fully saturated rings. The standard InChI is InChI=1S/C15H14FNO2S/c1-17(13-5-3-4-6-14(13)19-2)15(18)11-9-10(20)7-8-12(11)16/h3-9,20H,1-2H3. The molecule has 0 spiro atoms. The Balaban J connectivity index is 2.40. The van der Waals surface area contributed by atoms with Crippen molar-refractivity contribution in [3.8, 4) is 5.75 Å². The molecule has 1 amide bonds. The third-order valence-corrected chi connectivity index (χ3v) is 3.21. The summed E-state index contributed by atoms with van der Waals surface area (Å²) in [5.74, 6) is -0.483. The average Bonchev–Trinajstić information content (AvgIpc) is 2.48. The summed E-state index contributed by atoms with van der Waals surface area (Å²) in [7, 11) is 3.09. The highest BCUT2D eigenvalue weighted by Crippen LogP contribution is 2.28. The number of benzene rings is 2. The van der Waals surface area contributed by atoms with Crippen molar-refractivity contribution in [3.63, 3.8) is 0 Å². The number of amides is 1. The van der Waals surface area contributed by atoms with E-state index in [0.29, 0.717) is 16.3 Å². The molecule has 2 aromatic rings. The maximum absolute atomic E-state index is 13.8. The molecule has 5 heteroatoms. The first kappa shape index (κ1) is 14.4. The maximum atomic E-state index is 13.8. The number of para-hydroxylation sites is 2. The second-order valence-corrected chi connectivity index (χ2v) is 4.72. The molecule has 0 bridgehead atoms. The van der Waals surface area contributed by atoms with E-state index in [-0.39, 0.29) is 5.56 Å². The third kappa shape index (κ3) is 2.77. The van der Waals surface area contributed by atoms with Gasteiger partial charge in [-0.1, -0.05) is 12.1 Å². The number of anilines is 1. The van der Waals surface area contributed by atoms with Crippen LogP contribution in [-0.4, -0.2) is 20.1 Å². The van der Waals surface area contributed by atoms with Crippen molar-refractivity contribution in [2.24, 2.45) is 0 Å². The van der Waals surface area contributed by atoms with Crippen LogP contribution in [0.2, 0.25) is 0 Å². The Bertz CT molecular complexity index is 646. The van der Waals surface area contributed by atoms with Crippen LogP contribution in [0.5, 0.6) is 5.75 Å². The number of carbonyl (C=O) groups is 1. The van der Waals surface area contributed by atoms with Gasteiger partial charge in [0.05, 0.1) is 18.4 Å². The first-order valence-electron chi connectivity index (χ1n) is 5.94. The fourth-order valence-corrected chi connectivity index (χ4v) is 2.08. The zero-order chi connectivity index (χ0) is 14.7. The zero-order valence-electron chi connectivity index (χ0n) is 11.1. The number of halogens is 1. The minimum Gasteiger partial charge on any atom is -0.495 e. The van der Waals surface area contributed by atoms with Gasteiger partial charge in [-0.2, -0.15) is 0 Å². The number of hydrogen-bond acceptors (Lipinski definition) is 3. The fraction of sp³-hybridized carbons (Fsp3) is 0.133. The Morgan fingerprint density at radius 2 is 1.95 bits per heavy atom. The molecule has 0 saturated carbocycles. The van der Waals surface area contributed by atoms with Gasteiger partial charge >= 0.3 is 0 Å². The van der Waals surface area contributed by atoms with Crippen molar-refractivity contribution in [2.75, 3.05) is 19.1 Å². The van der Waals surface area contributed by atoms with Crippen LogP contribution in [0.3, 0.4) is 0 Å². The van der Waals surface area contributed by atoms with Gasteiger partial charge in [-0.05, 0) is 30.3 Å². The molecule has 0 N–H and O–H groups in total. The van der Waals surface area contributed by atoms with Crippen molar-refractivity contribution in [1.29, 1.82) is 0 Å². The molecule has 0 radical (unpaired) electrons. The molecule has 0 atom stereocenters. The van der Waals surface area contributed by atoms with E-state index < -0.39 is 11.7 Å². The highest BCUT2D eigenvalue weighted by atomic mass is 32.1. The topological polar surface area (TPSA) is 29.5 Å². The first-order valence-corrected chi connectivity index (χ1v) is 6.39. The van der Waals surface area contributed by atoms with Gasteiger partial charge in [0, 0.05) is 11.9 Å². The molecule has 20 heavy (non-hydrogen) atoms. The number of methoxy groups -OCH3 is 1. The fourth-order valence-electron chi connectivity index (χ4n) is 1.87. The minimum absolute atomic E-state index is 0.0223. The Labute approximate surface area is 122 Å². The van der Waals surface area contributed by atoms with E-state index in [4.69, 9.17) is 4.74 Å². The summed E-state index contributed by atoms with van der Waals surface area (Å²) >= 11 is 4.13. The molecule has 0 saturated heterocycles. The number of thiol groups is 1. The molecule has 0 aliphatic carbocycles. The molecular weight excluding hydrogens is 277 g/mol. The summed E-state index contributed by atoms with van der Waals surface area (Å²) in [5.41, 5.74) is 0.551. The lowest BCUT2D eigenvalue weighted by molar-refractivity contribution is 0.0988. The van der Waals surface area contributed by atoms with Gasteiger partial charge in [-0.25, -0.2) is 4.39 Å². The molecular formula is C15H14FNO2S. The van der Waals surface area contributed by atoms with E-state index in [1.54, 1.807) is 31.3 Å². The molecule has 3 nitrogen and oxygen atoms in total. The van der Waals surface area contributed by atoms with E-state index in [9.17, 15) is 9.18 Å². The normalized spacial score (nSPS) is 10.2. The van der Waals surface area contributed by atoms with Gasteiger partial charge in [-0.3, -0.25) is 4.79 Å². The SMILES string of the molecule is COc1ccccc1N(C)C(=O)c1cc(S)ccc1F. The molecule has 2 aromatic carbocycles. The van der Waals surface area contributed by atoms with Crippen LogP contribution in [0, 0.1) is 5.82 Å². The molecule has 2 rings (SSSR count). The summed E-state index contributed by atoms with van der Waals surface area (Å²) < 4.78 is 19.0. The van der Waals surface area contributed by atoms with Crippen molar-refractivity contribution < 1.29 is 13.9 Å². The van der Waals surface area contributed by atoms with E-state index in [1.807, 2.05) is 0 Å². The smallest absolute Gasteiger partial charge is 0.261 e. The van der Waals surface area contributed by atoms with Crippen LogP contribution >= 0.6 is 12.6 Å². The number of ether oxygens (including phenoxy) is 1. The lowest BCUT2D eigenvalue weighted by atomic mass is 10.1. The van der Waals surface area contributed by atoms with Gasteiger partial charge in [0.2, 0.25) is 0 Å². The molecule has 0 heterocycles. The maximum Gasteiger partial charge on any atom is 0.261 e. The summed E-state index contributed by atoms with van der Waals surface area (Å²) in [4.78, 5) is 14.3. The molecule has 0 aliphatic heterocycles. The number of rotatable bonds is 3. The lowest BCUT2D eigenvalue weighted by Gasteiger charge is -2.20. The largest absolute Gasteiger partial charge is 0.495 e. The molecule has 0 aliphatic rings. The summed E-state index contributed by atoms with van der Waals surface area (Å²) in [6.07, 6.45) is 0. The van der Waals surface area contributed by atoms with Crippen molar-refractivity contribution >= 4 is 24.2 Å². The summed E-state index contributed by atoms with van der Waals surface area (Å²) in [6.45, 7) is 0. The molecule has 0 aromatic heterocycles. The quantitative estimate of drug-likeness (QED) is 0.878. The van der Waals surface area contributed by atoms with Crippen LogP contribution < -0.4 is 9.64 Å². The van der Waals surface area contributed by atoms with Gasteiger partial charge in [0.15, 0.2) is 0 Å². The summed E-state index contributed by atoms with van der Waals surface area (Å²) in [6, 6.07) is 11.2. The highest BCUT2D eigenvalue weighted by Gasteiger charge is 2.20. The summed E-state index contributed by atoms with van der Waals surface area (Å²) in [5, 5.41) is 0. The van der Waals surface area contributed by atoms with Crippen LogP contribution in [0.4, 0.5) is 10.1 Å². The second-order valence-electron chi connectivity index (χ2n) is 4.20. The van der Waals surface area contributed by atoms with Crippen molar-refractivity contribution in [1.82, 2.24) is 0 Å². The van der Waals surface area contributed by atoms with Gasteiger partial charge in [0.25, 0.3) is 5.91 Å². The van der Waals surface area contributed by atoms with Crippen LogP contribution in [-0.2, 0) is 0 Å². The van der Waals surface area contributed by atoms with E-state index in [0.717, 1.165) is 0 Å². The van der Waals surface area contributed by atoms with E-state index in [2.05, 4.69) is 12.6 Å². The van der Waals surface area contributed by atoms with Crippen molar-refractivity contribution in [2.45, 2.75) is 4.90 Å². The average molecular weight is 291 g/mol. The van der Waals surface area contributed by atoms with Gasteiger partial charge in [0.1, 0.15) is 11.6 Å².